The Balaban J connectivity index is 2.00. The Labute approximate surface area is 97.4 Å². The number of carboxylic acid groups (broad SMARTS) is 1. The van der Waals surface area contributed by atoms with Gasteiger partial charge in [0, 0.05) is 0 Å². The van der Waals surface area contributed by atoms with Crippen LogP contribution in [0.5, 0.6) is 0 Å². The van der Waals surface area contributed by atoms with E-state index in [1.807, 2.05) is 0 Å². The molecule has 0 aliphatic heterocycles. The van der Waals surface area contributed by atoms with E-state index in [9.17, 15) is 9.90 Å². The molecule has 2 unspecified atom stereocenters. The minimum atomic E-state index is -0.508. The van der Waals surface area contributed by atoms with Gasteiger partial charge in [0.1, 0.15) is 0 Å². The maximum absolute atomic E-state index is 11.6. The summed E-state index contributed by atoms with van der Waals surface area (Å²) in [5, 5.41) is 9.57. The third-order valence-corrected chi connectivity index (χ3v) is 5.78. The van der Waals surface area contributed by atoms with E-state index in [4.69, 9.17) is 0 Å². The molecule has 0 spiro atoms. The lowest BCUT2D eigenvalue weighted by Gasteiger charge is -2.62. The highest BCUT2D eigenvalue weighted by atomic mass is 16.4. The molecule has 2 nitrogen and oxygen atoms in total. The van der Waals surface area contributed by atoms with Gasteiger partial charge in [-0.05, 0) is 61.7 Å². The second-order valence-electron chi connectivity index (χ2n) is 7.06. The van der Waals surface area contributed by atoms with E-state index in [1.165, 1.54) is 19.3 Å². The predicted octanol–water partition coefficient (Wildman–Crippen LogP) is 3.31. The SMILES string of the molecule is CC(C)C12C[C@@H]3C[C@@H](CC(C(=O)O)(C3)C1)C2. The molecule has 4 aliphatic carbocycles. The van der Waals surface area contributed by atoms with Gasteiger partial charge in [-0.2, -0.15) is 0 Å². The van der Waals surface area contributed by atoms with Gasteiger partial charge in [0.25, 0.3) is 0 Å². The van der Waals surface area contributed by atoms with Crippen LogP contribution < -0.4 is 0 Å². The van der Waals surface area contributed by atoms with Crippen LogP contribution in [0.25, 0.3) is 0 Å². The number of hydrogen-bond acceptors (Lipinski definition) is 1. The van der Waals surface area contributed by atoms with Gasteiger partial charge in [0.05, 0.1) is 5.41 Å². The summed E-state index contributed by atoms with van der Waals surface area (Å²) in [6.07, 6.45) is 6.80. The van der Waals surface area contributed by atoms with Crippen LogP contribution in [-0.2, 0) is 4.79 Å². The molecule has 4 bridgehead atoms. The highest BCUT2D eigenvalue weighted by molar-refractivity contribution is 5.75. The van der Waals surface area contributed by atoms with Gasteiger partial charge >= 0.3 is 5.97 Å². The van der Waals surface area contributed by atoms with Crippen molar-refractivity contribution in [3.63, 3.8) is 0 Å². The van der Waals surface area contributed by atoms with Crippen molar-refractivity contribution in [3.05, 3.63) is 0 Å². The summed E-state index contributed by atoms with van der Waals surface area (Å²) in [4.78, 5) is 11.6. The first-order valence-corrected chi connectivity index (χ1v) is 6.69. The molecule has 0 aromatic carbocycles. The van der Waals surface area contributed by atoms with Gasteiger partial charge in [-0.25, -0.2) is 0 Å². The molecular weight excluding hydrogens is 200 g/mol. The molecule has 4 atom stereocenters. The van der Waals surface area contributed by atoms with Crippen LogP contribution in [0.1, 0.15) is 52.4 Å². The Morgan fingerprint density at radius 1 is 1.19 bits per heavy atom. The second kappa shape index (κ2) is 3.02. The van der Waals surface area contributed by atoms with Crippen molar-refractivity contribution in [3.8, 4) is 0 Å². The molecule has 0 amide bonds. The number of aliphatic carboxylic acids is 1. The maximum Gasteiger partial charge on any atom is 0.309 e. The summed E-state index contributed by atoms with van der Waals surface area (Å²) >= 11 is 0. The Morgan fingerprint density at radius 2 is 1.75 bits per heavy atom. The topological polar surface area (TPSA) is 37.3 Å². The average molecular weight is 222 g/mol. The van der Waals surface area contributed by atoms with Gasteiger partial charge < -0.3 is 5.11 Å². The van der Waals surface area contributed by atoms with Crippen molar-refractivity contribution in [2.24, 2.45) is 28.6 Å². The Hall–Kier alpha value is -0.530. The van der Waals surface area contributed by atoms with E-state index in [0.29, 0.717) is 23.2 Å². The summed E-state index contributed by atoms with van der Waals surface area (Å²) in [6, 6.07) is 0. The molecule has 0 saturated heterocycles. The maximum atomic E-state index is 11.6. The number of carbonyl (C=O) groups is 1. The molecule has 4 fully saturated rings. The molecule has 4 rings (SSSR count). The van der Waals surface area contributed by atoms with E-state index in [0.717, 1.165) is 19.3 Å². The first-order chi connectivity index (χ1) is 7.46. The van der Waals surface area contributed by atoms with Gasteiger partial charge in [0.15, 0.2) is 0 Å². The molecule has 16 heavy (non-hydrogen) atoms. The van der Waals surface area contributed by atoms with Crippen molar-refractivity contribution in [1.82, 2.24) is 0 Å². The average Bonchev–Trinajstić information content (AvgIpc) is 2.14. The van der Waals surface area contributed by atoms with Crippen LogP contribution in [0, 0.1) is 28.6 Å². The van der Waals surface area contributed by atoms with Crippen molar-refractivity contribution >= 4 is 5.97 Å². The van der Waals surface area contributed by atoms with Crippen LogP contribution >= 0.6 is 0 Å². The third-order valence-electron chi connectivity index (χ3n) is 5.78. The normalized spacial score (nSPS) is 49.9. The fourth-order valence-corrected chi connectivity index (χ4v) is 5.26. The zero-order chi connectivity index (χ0) is 11.6. The lowest BCUT2D eigenvalue weighted by atomic mass is 9.42. The van der Waals surface area contributed by atoms with Crippen molar-refractivity contribution < 1.29 is 9.90 Å². The van der Waals surface area contributed by atoms with Crippen molar-refractivity contribution in [2.45, 2.75) is 52.4 Å². The smallest absolute Gasteiger partial charge is 0.309 e. The first-order valence-electron chi connectivity index (χ1n) is 6.69. The van der Waals surface area contributed by atoms with Gasteiger partial charge in [0.2, 0.25) is 0 Å². The summed E-state index contributed by atoms with van der Waals surface area (Å²) in [5.74, 6) is 1.56. The van der Waals surface area contributed by atoms with Gasteiger partial charge in [-0.1, -0.05) is 13.8 Å². The predicted molar refractivity (Wildman–Crippen MR) is 62.0 cm³/mol. The molecule has 4 saturated carbocycles. The van der Waals surface area contributed by atoms with Gasteiger partial charge in [-0.15, -0.1) is 0 Å². The highest BCUT2D eigenvalue weighted by Crippen LogP contribution is 2.67. The summed E-state index contributed by atoms with van der Waals surface area (Å²) in [5.41, 5.74) is 0.0246. The number of carboxylic acids is 1. The van der Waals surface area contributed by atoms with Crippen LogP contribution in [0.3, 0.4) is 0 Å². The second-order valence-corrected chi connectivity index (χ2v) is 7.06. The van der Waals surface area contributed by atoms with E-state index in [-0.39, 0.29) is 5.41 Å². The largest absolute Gasteiger partial charge is 0.481 e. The van der Waals surface area contributed by atoms with Gasteiger partial charge in [-0.3, -0.25) is 4.79 Å². The zero-order valence-corrected chi connectivity index (χ0v) is 10.3. The lowest BCUT2D eigenvalue weighted by molar-refractivity contribution is -0.179. The molecule has 0 aromatic heterocycles. The quantitative estimate of drug-likeness (QED) is 0.778. The van der Waals surface area contributed by atoms with E-state index in [1.54, 1.807) is 0 Å². The fourth-order valence-electron chi connectivity index (χ4n) is 5.26. The first kappa shape index (κ1) is 10.6. The summed E-state index contributed by atoms with van der Waals surface area (Å²) < 4.78 is 0. The number of hydrogen-bond donors (Lipinski definition) is 1. The Bertz CT molecular complexity index is 318. The summed E-state index contributed by atoms with van der Waals surface area (Å²) in [6.45, 7) is 4.59. The van der Waals surface area contributed by atoms with E-state index in [2.05, 4.69) is 13.8 Å². The van der Waals surface area contributed by atoms with Crippen LogP contribution in [-0.4, -0.2) is 11.1 Å². The molecule has 90 valence electrons. The van der Waals surface area contributed by atoms with Crippen molar-refractivity contribution in [2.75, 3.05) is 0 Å². The molecule has 0 aromatic rings. The zero-order valence-electron chi connectivity index (χ0n) is 10.3. The monoisotopic (exact) mass is 222 g/mol. The standard InChI is InChI=1S/C14H22O2/c1-9(2)13-4-10-3-11(5-13)7-14(6-10,8-13)12(15)16/h9-11H,3-8H2,1-2H3,(H,15,16)/t10-,11+,13?,14?. The third kappa shape index (κ3) is 1.22. The molecule has 2 heteroatoms. The summed E-state index contributed by atoms with van der Waals surface area (Å²) in [7, 11) is 0. The Kier molecular flexibility index (Phi) is 2.01. The molecule has 0 heterocycles. The van der Waals surface area contributed by atoms with Crippen LogP contribution in [0.15, 0.2) is 0 Å². The van der Waals surface area contributed by atoms with Crippen LogP contribution in [0.2, 0.25) is 0 Å². The highest BCUT2D eigenvalue weighted by Gasteiger charge is 2.61. The minimum Gasteiger partial charge on any atom is -0.481 e. The Morgan fingerprint density at radius 3 is 2.19 bits per heavy atom. The molecule has 0 radical (unpaired) electrons. The van der Waals surface area contributed by atoms with Crippen LogP contribution in [0.4, 0.5) is 0 Å². The molecule has 4 aliphatic rings. The van der Waals surface area contributed by atoms with E-state index < -0.39 is 5.97 Å². The minimum absolute atomic E-state index is 0.339. The lowest BCUT2D eigenvalue weighted by Crippen LogP contribution is -2.56. The van der Waals surface area contributed by atoms with E-state index >= 15 is 0 Å². The fraction of sp³-hybridized carbons (Fsp3) is 0.929. The number of rotatable bonds is 2. The van der Waals surface area contributed by atoms with Crippen molar-refractivity contribution in [1.29, 1.82) is 0 Å². The molecular formula is C14H22O2. The molecule has 1 N–H and O–H groups in total.